The maximum absolute atomic E-state index is 12.6. The minimum Gasteiger partial charge on any atom is -0.478 e. The maximum atomic E-state index is 12.6. The standard InChI is InChI=1S/C24H24N2O11/c1-11(10-37-26-20(28)18-9-14(22(31)32)4-6-16(18)24(35)36)7-12(2)25-19(27)17-8-13(21(29)30)3-5-15(17)23(33)34/h3-6,8-9,11-12H,7,10H2,1-2H3,(H,25,27)(H,26,28)(H,29,30)(H,31,32)(H,33,34)(H,35,36). The first-order valence-electron chi connectivity index (χ1n) is 10.8. The van der Waals surface area contributed by atoms with Crippen molar-refractivity contribution in [1.29, 1.82) is 0 Å². The number of aromatic carboxylic acids is 4. The first-order valence-corrected chi connectivity index (χ1v) is 10.8. The molecule has 2 aromatic rings. The molecular weight excluding hydrogens is 492 g/mol. The van der Waals surface area contributed by atoms with Gasteiger partial charge in [0, 0.05) is 6.04 Å². The summed E-state index contributed by atoms with van der Waals surface area (Å²) in [6, 6.07) is 5.54. The Balaban J connectivity index is 1.97. The largest absolute Gasteiger partial charge is 0.478 e. The fourth-order valence-electron chi connectivity index (χ4n) is 3.44. The van der Waals surface area contributed by atoms with E-state index in [-0.39, 0.29) is 34.8 Å². The van der Waals surface area contributed by atoms with E-state index in [4.69, 9.17) is 15.1 Å². The van der Waals surface area contributed by atoms with Crippen molar-refractivity contribution in [3.05, 3.63) is 69.8 Å². The van der Waals surface area contributed by atoms with Gasteiger partial charge >= 0.3 is 23.9 Å². The quantitative estimate of drug-likeness (QED) is 0.224. The topological polar surface area (TPSA) is 217 Å². The highest BCUT2D eigenvalue weighted by atomic mass is 16.7. The summed E-state index contributed by atoms with van der Waals surface area (Å²) in [6.45, 7) is 3.28. The predicted molar refractivity (Wildman–Crippen MR) is 125 cm³/mol. The second kappa shape index (κ2) is 12.3. The molecule has 13 nitrogen and oxygen atoms in total. The van der Waals surface area contributed by atoms with Crippen molar-refractivity contribution in [3.8, 4) is 0 Å². The molecule has 37 heavy (non-hydrogen) atoms. The zero-order chi connectivity index (χ0) is 27.9. The Hall–Kier alpha value is -4.78. The third kappa shape index (κ3) is 7.60. The molecule has 0 spiro atoms. The van der Waals surface area contributed by atoms with Crippen molar-refractivity contribution in [1.82, 2.24) is 10.8 Å². The van der Waals surface area contributed by atoms with Crippen molar-refractivity contribution in [2.75, 3.05) is 6.61 Å². The number of carboxylic acid groups (broad SMARTS) is 4. The zero-order valence-corrected chi connectivity index (χ0v) is 19.7. The summed E-state index contributed by atoms with van der Waals surface area (Å²) in [5.41, 5.74) is 0.0411. The number of nitrogens with one attached hydrogen (secondary N) is 2. The monoisotopic (exact) mass is 516 g/mol. The molecule has 0 heterocycles. The van der Waals surface area contributed by atoms with E-state index in [2.05, 4.69) is 10.8 Å². The van der Waals surface area contributed by atoms with Gasteiger partial charge in [-0.15, -0.1) is 0 Å². The van der Waals surface area contributed by atoms with Crippen LogP contribution in [0.4, 0.5) is 0 Å². The van der Waals surface area contributed by atoms with Crippen LogP contribution in [0.2, 0.25) is 0 Å². The molecule has 2 unspecified atom stereocenters. The summed E-state index contributed by atoms with van der Waals surface area (Å²) in [5, 5.41) is 39.3. The van der Waals surface area contributed by atoms with Gasteiger partial charge in [0.1, 0.15) is 0 Å². The molecule has 2 rings (SSSR count). The molecule has 2 atom stereocenters. The third-order valence-corrected chi connectivity index (χ3v) is 5.15. The first kappa shape index (κ1) is 28.5. The number of benzene rings is 2. The molecule has 2 amide bonds. The molecule has 2 aromatic carbocycles. The van der Waals surface area contributed by atoms with Crippen molar-refractivity contribution >= 4 is 35.7 Å². The van der Waals surface area contributed by atoms with E-state index in [1.54, 1.807) is 13.8 Å². The summed E-state index contributed by atoms with van der Waals surface area (Å²) in [4.78, 5) is 75.2. The second-order valence-corrected chi connectivity index (χ2v) is 8.20. The van der Waals surface area contributed by atoms with Gasteiger partial charge in [0.25, 0.3) is 11.8 Å². The van der Waals surface area contributed by atoms with Crippen LogP contribution in [-0.4, -0.2) is 68.8 Å². The average Bonchev–Trinajstić information content (AvgIpc) is 2.82. The number of hydroxylamine groups is 1. The van der Waals surface area contributed by atoms with Gasteiger partial charge in [-0.3, -0.25) is 14.4 Å². The fraction of sp³-hybridized carbons (Fsp3) is 0.250. The number of rotatable bonds is 12. The minimum atomic E-state index is -1.43. The fourth-order valence-corrected chi connectivity index (χ4v) is 3.44. The molecule has 0 aromatic heterocycles. The van der Waals surface area contributed by atoms with Crippen molar-refractivity contribution in [2.24, 2.45) is 5.92 Å². The highest BCUT2D eigenvalue weighted by molar-refractivity contribution is 6.07. The first-order chi connectivity index (χ1) is 17.3. The van der Waals surface area contributed by atoms with Crippen molar-refractivity contribution in [2.45, 2.75) is 26.3 Å². The molecular formula is C24H24N2O11. The summed E-state index contributed by atoms with van der Waals surface area (Å²) >= 11 is 0. The minimum absolute atomic E-state index is 0.0676. The Morgan fingerprint density at radius 1 is 0.703 bits per heavy atom. The molecule has 0 bridgehead atoms. The smallest absolute Gasteiger partial charge is 0.336 e. The van der Waals surface area contributed by atoms with Gasteiger partial charge < -0.3 is 25.7 Å². The average molecular weight is 516 g/mol. The van der Waals surface area contributed by atoms with E-state index >= 15 is 0 Å². The number of hydrogen-bond donors (Lipinski definition) is 6. The van der Waals surface area contributed by atoms with Crippen LogP contribution in [-0.2, 0) is 4.84 Å². The van der Waals surface area contributed by atoms with Gasteiger partial charge in [-0.1, -0.05) is 6.92 Å². The number of hydrogen-bond acceptors (Lipinski definition) is 7. The summed E-state index contributed by atoms with van der Waals surface area (Å²) in [5.74, 6) is -7.52. The normalized spacial score (nSPS) is 12.2. The van der Waals surface area contributed by atoms with Gasteiger partial charge in [-0.05, 0) is 55.7 Å². The lowest BCUT2D eigenvalue weighted by Gasteiger charge is -2.19. The van der Waals surface area contributed by atoms with E-state index < -0.39 is 52.9 Å². The van der Waals surface area contributed by atoms with Gasteiger partial charge in [-0.2, -0.15) is 0 Å². The molecule has 6 N–H and O–H groups in total. The van der Waals surface area contributed by atoms with Crippen LogP contribution >= 0.6 is 0 Å². The van der Waals surface area contributed by atoms with E-state index in [0.29, 0.717) is 6.42 Å². The third-order valence-electron chi connectivity index (χ3n) is 5.15. The number of amides is 2. The van der Waals surface area contributed by atoms with E-state index in [1.165, 1.54) is 0 Å². The molecule has 0 radical (unpaired) electrons. The molecule has 0 aliphatic carbocycles. The zero-order valence-electron chi connectivity index (χ0n) is 19.7. The van der Waals surface area contributed by atoms with E-state index in [1.807, 2.05) is 0 Å². The Bertz CT molecular complexity index is 1260. The van der Waals surface area contributed by atoms with Gasteiger partial charge in [0.15, 0.2) is 0 Å². The van der Waals surface area contributed by atoms with Crippen LogP contribution in [0.5, 0.6) is 0 Å². The van der Waals surface area contributed by atoms with Crippen LogP contribution in [0.3, 0.4) is 0 Å². The summed E-state index contributed by atoms with van der Waals surface area (Å²) in [7, 11) is 0. The van der Waals surface area contributed by atoms with Gasteiger partial charge in [0.2, 0.25) is 0 Å². The van der Waals surface area contributed by atoms with Gasteiger partial charge in [-0.25, -0.2) is 24.7 Å². The highest BCUT2D eigenvalue weighted by Gasteiger charge is 2.22. The molecule has 0 saturated carbocycles. The molecule has 13 heteroatoms. The molecule has 0 saturated heterocycles. The maximum Gasteiger partial charge on any atom is 0.336 e. The summed E-state index contributed by atoms with van der Waals surface area (Å²) < 4.78 is 0. The van der Waals surface area contributed by atoms with Crippen LogP contribution in [0.25, 0.3) is 0 Å². The van der Waals surface area contributed by atoms with Crippen LogP contribution in [0.15, 0.2) is 36.4 Å². The molecule has 0 aliphatic heterocycles. The SMILES string of the molecule is CC(CONC(=O)c1cc(C(=O)O)ccc1C(=O)O)CC(C)NC(=O)c1cc(C(=O)O)ccc1C(=O)O. The Morgan fingerprint density at radius 3 is 1.59 bits per heavy atom. The predicted octanol–water partition coefficient (Wildman–Crippen LogP) is 1.99. The van der Waals surface area contributed by atoms with Crippen LogP contribution < -0.4 is 10.8 Å². The Kier molecular flexibility index (Phi) is 9.43. The molecule has 0 fully saturated rings. The highest BCUT2D eigenvalue weighted by Crippen LogP contribution is 2.15. The Labute approximate surface area is 209 Å². The number of carbonyl (C=O) groups excluding carboxylic acids is 2. The van der Waals surface area contributed by atoms with Crippen molar-refractivity contribution < 1.29 is 54.0 Å². The lowest BCUT2D eigenvalue weighted by atomic mass is 10.0. The lowest BCUT2D eigenvalue weighted by Crippen LogP contribution is -2.36. The van der Waals surface area contributed by atoms with E-state index in [9.17, 15) is 39.0 Å². The lowest BCUT2D eigenvalue weighted by molar-refractivity contribution is 0.0163. The number of carbonyl (C=O) groups is 6. The van der Waals surface area contributed by atoms with E-state index in [0.717, 1.165) is 36.4 Å². The summed E-state index contributed by atoms with van der Waals surface area (Å²) in [6.07, 6.45) is 0.303. The second-order valence-electron chi connectivity index (χ2n) is 8.20. The number of carboxylic acids is 4. The van der Waals surface area contributed by atoms with Crippen LogP contribution in [0, 0.1) is 5.92 Å². The van der Waals surface area contributed by atoms with Crippen LogP contribution in [0.1, 0.15) is 82.4 Å². The molecule has 196 valence electrons. The van der Waals surface area contributed by atoms with Crippen molar-refractivity contribution in [3.63, 3.8) is 0 Å². The molecule has 0 aliphatic rings. The Morgan fingerprint density at radius 2 is 1.16 bits per heavy atom. The van der Waals surface area contributed by atoms with Gasteiger partial charge in [0.05, 0.1) is 40.0 Å².